The monoisotopic (exact) mass is 461 g/mol. The predicted molar refractivity (Wildman–Crippen MR) is 140 cm³/mol. The lowest BCUT2D eigenvalue weighted by Gasteiger charge is -2.48. The molecule has 3 aliphatic rings. The van der Waals surface area contributed by atoms with Gasteiger partial charge in [-0.15, -0.1) is 11.6 Å². The van der Waals surface area contributed by atoms with E-state index in [1.807, 2.05) is 0 Å². The van der Waals surface area contributed by atoms with Crippen LogP contribution in [0, 0.1) is 29.1 Å². The van der Waals surface area contributed by atoms with Crippen molar-refractivity contribution >= 4 is 11.6 Å². The Labute approximate surface area is 203 Å². The van der Waals surface area contributed by atoms with E-state index in [-0.39, 0.29) is 5.38 Å². The van der Waals surface area contributed by atoms with E-state index in [2.05, 4.69) is 87.3 Å². The first-order valence-corrected chi connectivity index (χ1v) is 13.4. The van der Waals surface area contributed by atoms with Crippen molar-refractivity contribution in [3.05, 3.63) is 36.0 Å². The fourth-order valence-electron chi connectivity index (χ4n) is 6.10. The first kappa shape index (κ1) is 26.0. The van der Waals surface area contributed by atoms with Gasteiger partial charge in [0.2, 0.25) is 0 Å². The first-order valence-electron chi connectivity index (χ1n) is 12.9. The molecule has 1 saturated heterocycles. The van der Waals surface area contributed by atoms with Gasteiger partial charge in [0.25, 0.3) is 0 Å². The maximum Gasteiger partial charge on any atom is 0.0516 e. The number of likely N-dealkylation sites (tertiary alicyclic amines) is 1. The van der Waals surface area contributed by atoms with E-state index < -0.39 is 0 Å². The van der Waals surface area contributed by atoms with Crippen LogP contribution < -0.4 is 5.32 Å². The van der Waals surface area contributed by atoms with Crippen molar-refractivity contribution < 1.29 is 0 Å². The summed E-state index contributed by atoms with van der Waals surface area (Å²) in [6.07, 6.45) is 16.7. The summed E-state index contributed by atoms with van der Waals surface area (Å²) in [5.74, 6) is 2.74. The zero-order valence-corrected chi connectivity index (χ0v) is 22.2. The second-order valence-corrected chi connectivity index (χ2v) is 12.5. The highest BCUT2D eigenvalue weighted by molar-refractivity contribution is 6.21. The molecule has 0 aromatic heterocycles. The molecule has 182 valence electrons. The van der Waals surface area contributed by atoms with Crippen LogP contribution >= 0.6 is 11.6 Å². The summed E-state index contributed by atoms with van der Waals surface area (Å²) in [5, 5.41) is 4.21. The molecule has 0 spiro atoms. The lowest BCUT2D eigenvalue weighted by atomic mass is 9.65. The third-order valence-electron chi connectivity index (χ3n) is 7.87. The van der Waals surface area contributed by atoms with E-state index in [4.69, 9.17) is 11.6 Å². The highest BCUT2D eigenvalue weighted by Crippen LogP contribution is 2.43. The van der Waals surface area contributed by atoms with Gasteiger partial charge in [-0.25, -0.2) is 0 Å². The fourth-order valence-corrected chi connectivity index (χ4v) is 6.31. The number of alkyl halides is 1. The molecule has 32 heavy (non-hydrogen) atoms. The quantitative estimate of drug-likeness (QED) is 0.356. The summed E-state index contributed by atoms with van der Waals surface area (Å²) in [6.45, 7) is 15.4. The topological polar surface area (TPSA) is 18.5 Å². The van der Waals surface area contributed by atoms with Gasteiger partial charge in [-0.1, -0.05) is 58.1 Å². The van der Waals surface area contributed by atoms with Crippen LogP contribution in [-0.2, 0) is 0 Å². The van der Waals surface area contributed by atoms with Gasteiger partial charge in [0.05, 0.1) is 5.38 Å². The van der Waals surface area contributed by atoms with E-state index >= 15 is 0 Å². The number of halogens is 1. The van der Waals surface area contributed by atoms with Crippen LogP contribution in [0.25, 0.3) is 0 Å². The molecule has 0 aromatic rings. The van der Waals surface area contributed by atoms with Crippen LogP contribution in [0.15, 0.2) is 36.0 Å². The molecule has 2 aliphatic carbocycles. The Balaban J connectivity index is 1.52. The van der Waals surface area contributed by atoms with E-state index in [1.165, 1.54) is 31.5 Å². The van der Waals surface area contributed by atoms with Gasteiger partial charge >= 0.3 is 0 Å². The summed E-state index contributed by atoms with van der Waals surface area (Å²) < 4.78 is 0. The summed E-state index contributed by atoms with van der Waals surface area (Å²) in [7, 11) is 4.30. The third-order valence-corrected chi connectivity index (χ3v) is 8.24. The Kier molecular flexibility index (Phi) is 9.50. The molecule has 4 heteroatoms. The maximum absolute atomic E-state index is 6.31. The molecule has 5 atom stereocenters. The van der Waals surface area contributed by atoms with Crippen LogP contribution in [0.2, 0.25) is 0 Å². The number of rotatable bonds is 9. The van der Waals surface area contributed by atoms with Crippen molar-refractivity contribution in [3.8, 4) is 0 Å². The molecule has 4 unspecified atom stereocenters. The molecular formula is C28H48ClN3. The number of hydrogen-bond donors (Lipinski definition) is 1. The number of nitrogens with zero attached hydrogens (tertiary/aromatic N) is 2. The molecule has 0 saturated carbocycles. The van der Waals surface area contributed by atoms with Crippen molar-refractivity contribution in [2.75, 3.05) is 46.8 Å². The molecule has 1 fully saturated rings. The minimum absolute atomic E-state index is 0.251. The van der Waals surface area contributed by atoms with Crippen LogP contribution in [0.3, 0.4) is 0 Å². The van der Waals surface area contributed by atoms with Gasteiger partial charge in [0.1, 0.15) is 0 Å². The standard InChI is InChI=1S/C28H48ClN3/c1-21(2)27(30-17-22-8-7-9-23(16-22)18-31(5)6)19-32-15-14-26(28(3,4)20-32)24-10-12-25(29)13-11-24/h7,9-10,12,16,21-22,24-27,30H,8,11,13-15,17-20H2,1-6H3/t22?,24?,25?,26?,27-/m0/s1. The Bertz CT molecular complexity index is 678. The Morgan fingerprint density at radius 2 is 1.97 bits per heavy atom. The summed E-state index contributed by atoms with van der Waals surface area (Å²) in [6, 6.07) is 0.547. The molecule has 1 N–H and O–H groups in total. The van der Waals surface area contributed by atoms with Crippen LogP contribution in [0.4, 0.5) is 0 Å². The number of nitrogens with one attached hydrogen (secondary N) is 1. The smallest absolute Gasteiger partial charge is 0.0516 e. The van der Waals surface area contributed by atoms with Gasteiger partial charge in [0.15, 0.2) is 0 Å². The van der Waals surface area contributed by atoms with Crippen molar-refractivity contribution in [3.63, 3.8) is 0 Å². The Hall–Kier alpha value is -0.610. The minimum Gasteiger partial charge on any atom is -0.312 e. The normalized spacial score (nSPS) is 31.8. The number of piperidine rings is 1. The number of allylic oxidation sites excluding steroid dienone is 3. The SMILES string of the molecule is CC(C)[C@H](CN1CCC(C2C=CC(Cl)CC2)C(C)(C)C1)NCC1C=C(CN(C)C)C=CC1. The molecule has 1 heterocycles. The third kappa shape index (κ3) is 7.45. The zero-order valence-electron chi connectivity index (χ0n) is 21.5. The average Bonchev–Trinajstić information content (AvgIpc) is 2.71. The molecule has 0 radical (unpaired) electrons. The molecular weight excluding hydrogens is 414 g/mol. The molecule has 0 aromatic carbocycles. The number of hydrogen-bond acceptors (Lipinski definition) is 3. The fraction of sp³-hybridized carbons (Fsp3) is 0.786. The lowest BCUT2D eigenvalue weighted by Crippen LogP contribution is -2.53. The zero-order chi connectivity index (χ0) is 23.3. The van der Waals surface area contributed by atoms with Gasteiger partial charge in [0, 0.05) is 32.2 Å². The van der Waals surface area contributed by atoms with Crippen molar-refractivity contribution in [1.82, 2.24) is 15.1 Å². The highest BCUT2D eigenvalue weighted by Gasteiger charge is 2.40. The average molecular weight is 462 g/mol. The van der Waals surface area contributed by atoms with E-state index in [0.29, 0.717) is 29.2 Å². The predicted octanol–water partition coefficient (Wildman–Crippen LogP) is 5.59. The van der Waals surface area contributed by atoms with E-state index in [1.54, 1.807) is 0 Å². The van der Waals surface area contributed by atoms with Gasteiger partial charge in [-0.2, -0.15) is 0 Å². The first-order chi connectivity index (χ1) is 15.1. The van der Waals surface area contributed by atoms with Gasteiger partial charge < -0.3 is 15.1 Å². The second-order valence-electron chi connectivity index (χ2n) is 11.9. The maximum atomic E-state index is 6.31. The summed E-state index contributed by atoms with van der Waals surface area (Å²) in [5.41, 5.74) is 1.81. The van der Waals surface area contributed by atoms with Crippen molar-refractivity contribution in [2.24, 2.45) is 29.1 Å². The highest BCUT2D eigenvalue weighted by atomic mass is 35.5. The molecule has 3 rings (SSSR count). The second kappa shape index (κ2) is 11.7. The Morgan fingerprint density at radius 3 is 2.59 bits per heavy atom. The van der Waals surface area contributed by atoms with Gasteiger partial charge in [-0.3, -0.25) is 0 Å². The molecule has 0 amide bonds. The van der Waals surface area contributed by atoms with Crippen LogP contribution in [-0.4, -0.2) is 68.0 Å². The Morgan fingerprint density at radius 1 is 1.19 bits per heavy atom. The molecule has 1 aliphatic heterocycles. The minimum atomic E-state index is 0.251. The molecule has 0 bridgehead atoms. The largest absolute Gasteiger partial charge is 0.312 e. The van der Waals surface area contributed by atoms with Gasteiger partial charge in [-0.05, 0) is 81.0 Å². The van der Waals surface area contributed by atoms with Crippen LogP contribution in [0.5, 0.6) is 0 Å². The van der Waals surface area contributed by atoms with Crippen molar-refractivity contribution in [2.45, 2.75) is 64.8 Å². The lowest BCUT2D eigenvalue weighted by molar-refractivity contribution is 0.0219. The van der Waals surface area contributed by atoms with E-state index in [9.17, 15) is 0 Å². The molecule has 3 nitrogen and oxygen atoms in total. The number of likely N-dealkylation sites (N-methyl/N-ethyl adjacent to an activating group) is 1. The van der Waals surface area contributed by atoms with Crippen molar-refractivity contribution in [1.29, 1.82) is 0 Å². The van der Waals surface area contributed by atoms with Crippen LogP contribution in [0.1, 0.15) is 53.4 Å². The summed E-state index contributed by atoms with van der Waals surface area (Å²) in [4.78, 5) is 4.99. The summed E-state index contributed by atoms with van der Waals surface area (Å²) >= 11 is 6.31. The van der Waals surface area contributed by atoms with E-state index in [0.717, 1.165) is 38.4 Å².